The van der Waals surface area contributed by atoms with Gasteiger partial charge in [0.15, 0.2) is 6.29 Å². The molecule has 1 aliphatic carbocycles. The lowest BCUT2D eigenvalue weighted by molar-refractivity contribution is -0.278. The van der Waals surface area contributed by atoms with Crippen LogP contribution in [0.3, 0.4) is 0 Å². The van der Waals surface area contributed by atoms with E-state index in [1.165, 1.54) is 19.3 Å². The largest absolute Gasteiger partial charge is 0.392 e. The molecule has 3 aliphatic rings. The molecule has 4 N–H and O–H groups in total. The number of carbonyl (C=O) groups is 2. The highest BCUT2D eigenvalue weighted by Crippen LogP contribution is 2.44. The molecule has 0 bridgehead atoms. The van der Waals surface area contributed by atoms with E-state index in [4.69, 9.17) is 9.47 Å². The van der Waals surface area contributed by atoms with Crippen LogP contribution in [0.5, 0.6) is 0 Å². The van der Waals surface area contributed by atoms with E-state index < -0.39 is 6.29 Å². The molecule has 2 heterocycles. The first-order valence-corrected chi connectivity index (χ1v) is 18.3. The van der Waals surface area contributed by atoms with Gasteiger partial charge in [-0.2, -0.15) is 0 Å². The number of hydrogen-bond acceptors (Lipinski definition) is 6. The number of nitrogens with one attached hydrogen (secondary N) is 3. The van der Waals surface area contributed by atoms with E-state index in [2.05, 4.69) is 27.8 Å². The molecule has 3 aromatic carbocycles. The van der Waals surface area contributed by atoms with Crippen molar-refractivity contribution in [2.75, 3.05) is 11.9 Å². The fraction of sp³-hybridized carbons (Fsp3) is 0.512. The quantitative estimate of drug-likeness (QED) is 0.190. The third kappa shape index (κ3) is 8.93. The molecular formula is C41H54N4O5. The van der Waals surface area contributed by atoms with Gasteiger partial charge in [-0.1, -0.05) is 86.5 Å². The SMILES string of the molecule is C[C@H]1[C@@H](CN2[C@@H](C(=O)NC(C)(C)C)CC[C@H]3CCCC[C@H]32)O[C@@H](c2cccc(NC(=O)NCc3ccccc3)c2)O[C@H]1c1ccc(CO)cc1. The van der Waals surface area contributed by atoms with Crippen molar-refractivity contribution in [1.29, 1.82) is 0 Å². The zero-order chi connectivity index (χ0) is 35.3. The first kappa shape index (κ1) is 36.0. The lowest BCUT2D eigenvalue weighted by Crippen LogP contribution is -2.61. The highest BCUT2D eigenvalue weighted by atomic mass is 16.7. The minimum absolute atomic E-state index is 0.0217. The van der Waals surface area contributed by atoms with Crippen molar-refractivity contribution in [1.82, 2.24) is 15.5 Å². The highest BCUT2D eigenvalue weighted by Gasteiger charge is 2.46. The molecule has 3 fully saturated rings. The molecule has 0 aromatic heterocycles. The van der Waals surface area contributed by atoms with E-state index in [-0.39, 0.29) is 48.3 Å². The minimum atomic E-state index is -0.693. The molecule has 3 aromatic rings. The van der Waals surface area contributed by atoms with E-state index >= 15 is 0 Å². The second-order valence-electron chi connectivity index (χ2n) is 15.4. The number of carbonyl (C=O) groups excluding carboxylic acids is 2. The van der Waals surface area contributed by atoms with Gasteiger partial charge in [0.2, 0.25) is 5.91 Å². The summed E-state index contributed by atoms with van der Waals surface area (Å²) in [6, 6.07) is 25.2. The molecule has 2 aliphatic heterocycles. The average molecular weight is 683 g/mol. The van der Waals surface area contributed by atoms with Gasteiger partial charge >= 0.3 is 6.03 Å². The van der Waals surface area contributed by atoms with Gasteiger partial charge in [-0.25, -0.2) is 4.79 Å². The predicted molar refractivity (Wildman–Crippen MR) is 195 cm³/mol. The molecule has 0 radical (unpaired) electrons. The maximum absolute atomic E-state index is 13.8. The topological polar surface area (TPSA) is 112 Å². The Bertz CT molecular complexity index is 1580. The molecule has 9 heteroatoms. The van der Waals surface area contributed by atoms with Gasteiger partial charge in [0, 0.05) is 41.8 Å². The Morgan fingerprint density at radius 2 is 1.62 bits per heavy atom. The number of amides is 3. The second kappa shape index (κ2) is 16.1. The van der Waals surface area contributed by atoms with Gasteiger partial charge < -0.3 is 30.5 Å². The zero-order valence-corrected chi connectivity index (χ0v) is 29.9. The third-order valence-electron chi connectivity index (χ3n) is 10.5. The van der Waals surface area contributed by atoms with Gasteiger partial charge in [-0.15, -0.1) is 0 Å². The summed E-state index contributed by atoms with van der Waals surface area (Å²) in [5.41, 5.74) is 4.00. The number of likely N-dealkylation sites (tertiary alicyclic amines) is 1. The minimum Gasteiger partial charge on any atom is -0.392 e. The van der Waals surface area contributed by atoms with Crippen molar-refractivity contribution in [3.63, 3.8) is 0 Å². The number of urea groups is 1. The highest BCUT2D eigenvalue weighted by molar-refractivity contribution is 5.89. The molecule has 7 atom stereocenters. The molecule has 268 valence electrons. The molecule has 2 saturated heterocycles. The molecule has 0 unspecified atom stereocenters. The number of anilines is 1. The van der Waals surface area contributed by atoms with Crippen LogP contribution in [0.25, 0.3) is 0 Å². The maximum Gasteiger partial charge on any atom is 0.319 e. The number of nitrogens with zero attached hydrogens (tertiary/aromatic N) is 1. The lowest BCUT2D eigenvalue weighted by atomic mass is 9.75. The van der Waals surface area contributed by atoms with Crippen LogP contribution in [-0.2, 0) is 27.4 Å². The fourth-order valence-electron chi connectivity index (χ4n) is 7.98. The summed E-state index contributed by atoms with van der Waals surface area (Å²) in [5, 5.41) is 18.9. The van der Waals surface area contributed by atoms with Crippen molar-refractivity contribution < 1.29 is 24.2 Å². The third-order valence-corrected chi connectivity index (χ3v) is 10.5. The Morgan fingerprint density at radius 3 is 2.36 bits per heavy atom. The van der Waals surface area contributed by atoms with Crippen LogP contribution in [0.1, 0.15) is 101 Å². The summed E-state index contributed by atoms with van der Waals surface area (Å²) in [4.78, 5) is 29.1. The van der Waals surface area contributed by atoms with Crippen molar-refractivity contribution in [3.8, 4) is 0 Å². The number of rotatable bonds is 9. The monoisotopic (exact) mass is 682 g/mol. The van der Waals surface area contributed by atoms with Crippen LogP contribution in [0.2, 0.25) is 0 Å². The van der Waals surface area contributed by atoms with E-state index in [0.717, 1.165) is 41.5 Å². The van der Waals surface area contributed by atoms with Gasteiger partial charge in [-0.3, -0.25) is 9.69 Å². The van der Waals surface area contributed by atoms with E-state index in [9.17, 15) is 14.7 Å². The van der Waals surface area contributed by atoms with Gasteiger partial charge in [0.05, 0.1) is 24.9 Å². The molecule has 6 rings (SSSR count). The van der Waals surface area contributed by atoms with Crippen molar-refractivity contribution >= 4 is 17.6 Å². The zero-order valence-electron chi connectivity index (χ0n) is 29.9. The molecule has 3 amide bonds. The molecule has 0 spiro atoms. The molecular weight excluding hydrogens is 628 g/mol. The summed E-state index contributed by atoms with van der Waals surface area (Å²) in [6.07, 6.45) is 5.44. The maximum atomic E-state index is 13.8. The first-order chi connectivity index (χ1) is 24.1. The number of aliphatic hydroxyl groups is 1. The molecule has 9 nitrogen and oxygen atoms in total. The van der Waals surface area contributed by atoms with E-state index in [1.807, 2.05) is 99.6 Å². The summed E-state index contributed by atoms with van der Waals surface area (Å²) >= 11 is 0. The Hall–Kier alpha value is -3.76. The standard InChI is InChI=1S/C41H54N4O5/c1-27-36(25-45-34-16-9-8-13-30(34)21-22-35(45)38(47)44-41(2,3)4)49-39(50-37(27)31-19-17-29(26-46)18-20-31)32-14-10-15-33(23-32)43-40(48)42-24-28-11-6-5-7-12-28/h5-7,10-12,14-15,17-20,23,27,30,34-37,39,46H,8-9,13,16,21-22,24-26H2,1-4H3,(H,44,47)(H2,42,43,48)/t27-,30+,34+,35+,36+,37+,39+/m0/s1. The van der Waals surface area contributed by atoms with Crippen LogP contribution < -0.4 is 16.0 Å². The summed E-state index contributed by atoms with van der Waals surface area (Å²) < 4.78 is 13.7. The fourth-order valence-corrected chi connectivity index (χ4v) is 7.98. The predicted octanol–water partition coefficient (Wildman–Crippen LogP) is 7.23. The van der Waals surface area contributed by atoms with Crippen LogP contribution in [0, 0.1) is 11.8 Å². The Balaban J connectivity index is 1.26. The average Bonchev–Trinajstić information content (AvgIpc) is 3.11. The van der Waals surface area contributed by atoms with Crippen LogP contribution in [0.4, 0.5) is 10.5 Å². The van der Waals surface area contributed by atoms with Crippen molar-refractivity contribution in [2.45, 2.75) is 115 Å². The summed E-state index contributed by atoms with van der Waals surface area (Å²) in [5.74, 6) is 0.663. The van der Waals surface area contributed by atoms with Crippen LogP contribution in [0.15, 0.2) is 78.9 Å². The Kier molecular flexibility index (Phi) is 11.6. The summed E-state index contributed by atoms with van der Waals surface area (Å²) in [7, 11) is 0. The smallest absolute Gasteiger partial charge is 0.319 e. The van der Waals surface area contributed by atoms with E-state index in [1.54, 1.807) is 0 Å². The van der Waals surface area contributed by atoms with Crippen molar-refractivity contribution in [2.24, 2.45) is 11.8 Å². The van der Waals surface area contributed by atoms with E-state index in [0.29, 0.717) is 30.7 Å². The van der Waals surface area contributed by atoms with Crippen LogP contribution in [-0.4, -0.2) is 52.2 Å². The van der Waals surface area contributed by atoms with Gasteiger partial charge in [0.1, 0.15) is 0 Å². The normalized spacial score (nSPS) is 27.2. The number of aliphatic hydroxyl groups excluding tert-OH is 1. The van der Waals surface area contributed by atoms with Gasteiger partial charge in [-0.05, 0) is 81.2 Å². The second-order valence-corrected chi connectivity index (χ2v) is 15.4. The number of ether oxygens (including phenoxy) is 2. The number of benzene rings is 3. The number of hydrogen-bond donors (Lipinski definition) is 4. The van der Waals surface area contributed by atoms with Crippen LogP contribution >= 0.6 is 0 Å². The lowest BCUT2D eigenvalue weighted by Gasteiger charge is -2.51. The Labute approximate surface area is 297 Å². The molecule has 1 saturated carbocycles. The van der Waals surface area contributed by atoms with Gasteiger partial charge in [0.25, 0.3) is 0 Å². The van der Waals surface area contributed by atoms with Crippen molar-refractivity contribution in [3.05, 3.63) is 101 Å². The Morgan fingerprint density at radius 1 is 0.860 bits per heavy atom. The number of fused-ring (bicyclic) bond motifs is 1. The first-order valence-electron chi connectivity index (χ1n) is 18.3. The summed E-state index contributed by atoms with van der Waals surface area (Å²) in [6.45, 7) is 9.31. The number of piperidine rings is 1. The molecule has 50 heavy (non-hydrogen) atoms.